The van der Waals surface area contributed by atoms with Crippen molar-refractivity contribution in [3.8, 4) is 12.3 Å². The minimum Gasteiger partial charge on any atom is -0.473 e. The topological polar surface area (TPSA) is 108 Å². The van der Waals surface area contributed by atoms with Crippen molar-refractivity contribution in [1.82, 2.24) is 15.7 Å². The molecule has 1 aliphatic rings. The molecule has 0 saturated carbocycles. The number of rotatable bonds is 3. The Morgan fingerprint density at radius 1 is 1.67 bits per heavy atom. The van der Waals surface area contributed by atoms with Crippen LogP contribution >= 0.6 is 0 Å². The van der Waals surface area contributed by atoms with E-state index in [0.717, 1.165) is 19.6 Å². The summed E-state index contributed by atoms with van der Waals surface area (Å²) in [6.45, 7) is 4.47. The van der Waals surface area contributed by atoms with Crippen LogP contribution in [-0.2, 0) is 14.4 Å². The number of hydrogen-bond donors (Lipinski definition) is 3. The molecule has 8 nitrogen and oxygen atoms in total. The van der Waals surface area contributed by atoms with Crippen molar-refractivity contribution in [2.24, 2.45) is 0 Å². The molecular formula is C10H15N3O5. The van der Waals surface area contributed by atoms with Crippen LogP contribution in [-0.4, -0.2) is 54.2 Å². The second kappa shape index (κ2) is 8.83. The lowest BCUT2D eigenvalue weighted by Crippen LogP contribution is -2.27. The average Bonchev–Trinajstić information content (AvgIpc) is 2.75. The predicted molar refractivity (Wildman–Crippen MR) is 61.2 cm³/mol. The van der Waals surface area contributed by atoms with Crippen molar-refractivity contribution < 1.29 is 24.3 Å². The van der Waals surface area contributed by atoms with E-state index in [0.29, 0.717) is 0 Å². The van der Waals surface area contributed by atoms with Gasteiger partial charge >= 0.3 is 18.0 Å². The maximum Gasteiger partial charge on any atom is 0.435 e. The number of carbonyl (C=O) groups excluding carboxylic acids is 2. The van der Waals surface area contributed by atoms with Gasteiger partial charge < -0.3 is 20.2 Å². The quantitative estimate of drug-likeness (QED) is 0.253. The number of hydrogen-bond acceptors (Lipinski definition) is 5. The number of carboxylic acids is 1. The lowest BCUT2D eigenvalue weighted by molar-refractivity contribution is -0.168. The first-order chi connectivity index (χ1) is 8.52. The zero-order valence-electron chi connectivity index (χ0n) is 9.93. The first-order valence-electron chi connectivity index (χ1n) is 5.16. The van der Waals surface area contributed by atoms with E-state index in [1.54, 1.807) is 4.90 Å². The number of nitrogens with one attached hydrogen (secondary N) is 2. The fourth-order valence-corrected chi connectivity index (χ4v) is 1.000. The Labute approximate surface area is 104 Å². The van der Waals surface area contributed by atoms with E-state index in [2.05, 4.69) is 16.1 Å². The van der Waals surface area contributed by atoms with Crippen LogP contribution in [0.5, 0.6) is 0 Å². The Hall–Kier alpha value is -2.27. The second-order valence-corrected chi connectivity index (χ2v) is 3.03. The van der Waals surface area contributed by atoms with Gasteiger partial charge in [-0.3, -0.25) is 0 Å². The van der Waals surface area contributed by atoms with Crippen molar-refractivity contribution in [3.05, 3.63) is 0 Å². The molecule has 2 amide bonds. The molecule has 0 aromatic heterocycles. The number of aliphatic carboxylic acids is 1. The number of hydroxylamine groups is 1. The van der Waals surface area contributed by atoms with Crippen LogP contribution in [0.25, 0.3) is 0 Å². The molecule has 1 fully saturated rings. The van der Waals surface area contributed by atoms with E-state index >= 15 is 0 Å². The zero-order chi connectivity index (χ0) is 14.0. The molecule has 18 heavy (non-hydrogen) atoms. The molecule has 0 aromatic carbocycles. The highest BCUT2D eigenvalue weighted by Gasteiger charge is 2.15. The SMILES string of the molecule is C#CCNOC(=O)C(=O)O.CCN1CCNC1=O. The van der Waals surface area contributed by atoms with Crippen LogP contribution < -0.4 is 10.8 Å². The van der Waals surface area contributed by atoms with Crippen LogP contribution in [0.1, 0.15) is 6.92 Å². The number of urea groups is 1. The minimum atomic E-state index is -1.66. The molecule has 0 bridgehead atoms. The van der Waals surface area contributed by atoms with Gasteiger partial charge in [-0.25, -0.2) is 14.4 Å². The van der Waals surface area contributed by atoms with Crippen molar-refractivity contribution in [3.63, 3.8) is 0 Å². The van der Waals surface area contributed by atoms with E-state index in [1.807, 2.05) is 12.4 Å². The van der Waals surface area contributed by atoms with Gasteiger partial charge in [-0.15, -0.1) is 11.9 Å². The van der Waals surface area contributed by atoms with Gasteiger partial charge in [0.2, 0.25) is 0 Å². The van der Waals surface area contributed by atoms with E-state index in [4.69, 9.17) is 11.5 Å². The summed E-state index contributed by atoms with van der Waals surface area (Å²) in [6.07, 6.45) is 4.74. The van der Waals surface area contributed by atoms with Gasteiger partial charge in [0.05, 0.1) is 6.54 Å². The summed E-state index contributed by atoms with van der Waals surface area (Å²) < 4.78 is 0. The molecule has 0 aromatic rings. The Kier molecular flexibility index (Phi) is 7.72. The molecule has 0 radical (unpaired) electrons. The average molecular weight is 257 g/mol. The third-order valence-electron chi connectivity index (χ3n) is 1.84. The first-order valence-corrected chi connectivity index (χ1v) is 5.16. The lowest BCUT2D eigenvalue weighted by Gasteiger charge is -2.08. The van der Waals surface area contributed by atoms with Crippen LogP contribution in [0.3, 0.4) is 0 Å². The number of carbonyl (C=O) groups is 3. The maximum atomic E-state index is 10.6. The summed E-state index contributed by atoms with van der Waals surface area (Å²) in [4.78, 5) is 36.1. The molecule has 3 N–H and O–H groups in total. The zero-order valence-corrected chi connectivity index (χ0v) is 9.93. The lowest BCUT2D eigenvalue weighted by atomic mass is 10.6. The molecule has 0 unspecified atom stereocenters. The Morgan fingerprint density at radius 2 is 2.33 bits per heavy atom. The van der Waals surface area contributed by atoms with E-state index < -0.39 is 11.9 Å². The van der Waals surface area contributed by atoms with Gasteiger partial charge in [0, 0.05) is 19.6 Å². The highest BCUT2D eigenvalue weighted by Crippen LogP contribution is 1.93. The Morgan fingerprint density at radius 3 is 2.67 bits per heavy atom. The van der Waals surface area contributed by atoms with Gasteiger partial charge in [0.25, 0.3) is 0 Å². The number of amides is 2. The van der Waals surface area contributed by atoms with E-state index in [-0.39, 0.29) is 12.6 Å². The van der Waals surface area contributed by atoms with Gasteiger partial charge in [-0.1, -0.05) is 5.92 Å². The summed E-state index contributed by atoms with van der Waals surface area (Å²) in [7, 11) is 0. The smallest absolute Gasteiger partial charge is 0.435 e. The second-order valence-electron chi connectivity index (χ2n) is 3.03. The predicted octanol–water partition coefficient (Wildman–Crippen LogP) is -1.22. The van der Waals surface area contributed by atoms with E-state index in [9.17, 15) is 14.4 Å². The highest BCUT2D eigenvalue weighted by atomic mass is 16.7. The Balaban J connectivity index is 0.000000327. The van der Waals surface area contributed by atoms with Crippen LogP contribution in [0.4, 0.5) is 4.79 Å². The van der Waals surface area contributed by atoms with Crippen molar-refractivity contribution >= 4 is 18.0 Å². The van der Waals surface area contributed by atoms with Crippen LogP contribution in [0.2, 0.25) is 0 Å². The molecule has 0 atom stereocenters. The van der Waals surface area contributed by atoms with Gasteiger partial charge in [-0.2, -0.15) is 0 Å². The summed E-state index contributed by atoms with van der Waals surface area (Å²) in [5, 5.41) is 10.6. The molecule has 0 spiro atoms. The number of carboxylic acid groups (broad SMARTS) is 1. The largest absolute Gasteiger partial charge is 0.473 e. The molecular weight excluding hydrogens is 242 g/mol. The third-order valence-corrected chi connectivity index (χ3v) is 1.84. The van der Waals surface area contributed by atoms with Crippen molar-refractivity contribution in [2.45, 2.75) is 6.92 Å². The molecule has 8 heteroatoms. The fraction of sp³-hybridized carbons (Fsp3) is 0.500. The minimum absolute atomic E-state index is 0.0149. The van der Waals surface area contributed by atoms with Crippen LogP contribution in [0, 0.1) is 12.3 Å². The summed E-state index contributed by atoms with van der Waals surface area (Å²) >= 11 is 0. The summed E-state index contributed by atoms with van der Waals surface area (Å²) in [5.74, 6) is -0.961. The molecule has 1 aliphatic heterocycles. The number of likely N-dealkylation sites (N-methyl/N-ethyl adjacent to an activating group) is 1. The number of terminal acetylenes is 1. The molecule has 1 rings (SSSR count). The van der Waals surface area contributed by atoms with Crippen LogP contribution in [0.15, 0.2) is 0 Å². The number of nitrogens with zero attached hydrogens (tertiary/aromatic N) is 1. The van der Waals surface area contributed by atoms with E-state index in [1.165, 1.54) is 0 Å². The molecule has 1 saturated heterocycles. The van der Waals surface area contributed by atoms with Gasteiger partial charge in [-0.05, 0) is 6.92 Å². The summed E-state index contributed by atoms with van der Waals surface area (Å²) in [6, 6.07) is 0.0764. The van der Waals surface area contributed by atoms with Gasteiger partial charge in [0.15, 0.2) is 0 Å². The fourth-order valence-electron chi connectivity index (χ4n) is 1.000. The molecule has 100 valence electrons. The monoisotopic (exact) mass is 257 g/mol. The van der Waals surface area contributed by atoms with Crippen molar-refractivity contribution in [2.75, 3.05) is 26.2 Å². The van der Waals surface area contributed by atoms with Gasteiger partial charge in [0.1, 0.15) is 0 Å². The molecule has 0 aliphatic carbocycles. The normalized spacial score (nSPS) is 12.9. The Bertz CT molecular complexity index is 350. The third kappa shape index (κ3) is 6.34. The summed E-state index contributed by atoms with van der Waals surface area (Å²) in [5.41, 5.74) is 1.95. The van der Waals surface area contributed by atoms with Crippen molar-refractivity contribution in [1.29, 1.82) is 0 Å². The maximum absolute atomic E-state index is 10.6. The highest BCUT2D eigenvalue weighted by molar-refractivity contribution is 6.28. The standard InChI is InChI=1S/C5H10N2O.C5H5NO4/c1-2-7-4-3-6-5(7)8;1-2-3-6-10-5(9)4(7)8/h2-4H2,1H3,(H,6,8);1,6H,3H2,(H,7,8). The molecule has 1 heterocycles. The first kappa shape index (κ1) is 15.7.